The Kier molecular flexibility index (Phi) is 2.58. The maximum Gasteiger partial charge on any atom is 0.195 e. The zero-order valence-corrected chi connectivity index (χ0v) is 9.36. The number of benzene rings is 1. The quantitative estimate of drug-likeness (QED) is 0.782. The highest BCUT2D eigenvalue weighted by atomic mass is 35.5. The van der Waals surface area contributed by atoms with Gasteiger partial charge in [0.25, 0.3) is 0 Å². The molecule has 6 heteroatoms. The molecule has 0 saturated heterocycles. The Labute approximate surface area is 95.5 Å². The van der Waals surface area contributed by atoms with Gasteiger partial charge in [0.2, 0.25) is 0 Å². The lowest BCUT2D eigenvalue weighted by Gasteiger charge is -2.01. The second-order valence-electron chi connectivity index (χ2n) is 3.04. The molecular formula is C9H7ClFN3S. The summed E-state index contributed by atoms with van der Waals surface area (Å²) in [5, 5.41) is 6.72. The highest BCUT2D eigenvalue weighted by Crippen LogP contribution is 2.22. The van der Waals surface area contributed by atoms with Gasteiger partial charge in [-0.05, 0) is 30.4 Å². The van der Waals surface area contributed by atoms with E-state index >= 15 is 0 Å². The fraction of sp³-hybridized carbons (Fsp3) is 0.111. The topological polar surface area (TPSA) is 33.6 Å². The molecule has 1 aromatic carbocycles. The van der Waals surface area contributed by atoms with E-state index in [0.29, 0.717) is 16.2 Å². The number of nitrogens with zero attached hydrogens (tertiary/aromatic N) is 2. The first-order valence-electron chi connectivity index (χ1n) is 4.16. The second-order valence-corrected chi connectivity index (χ2v) is 3.83. The third-order valence-electron chi connectivity index (χ3n) is 2.06. The summed E-state index contributed by atoms with van der Waals surface area (Å²) in [5.41, 5.74) is 0.631. The number of halogens is 2. The van der Waals surface area contributed by atoms with Crippen molar-refractivity contribution in [1.82, 2.24) is 14.8 Å². The summed E-state index contributed by atoms with van der Waals surface area (Å²) in [4.78, 5) is 0. The minimum absolute atomic E-state index is 0.0931. The molecule has 0 aliphatic heterocycles. The summed E-state index contributed by atoms with van der Waals surface area (Å²) >= 11 is 10.5. The van der Waals surface area contributed by atoms with Crippen molar-refractivity contribution >= 4 is 23.8 Å². The molecule has 0 atom stereocenters. The van der Waals surface area contributed by atoms with Gasteiger partial charge >= 0.3 is 0 Å². The number of rotatable bonds is 1. The lowest BCUT2D eigenvalue weighted by Crippen LogP contribution is -1.93. The molecule has 0 saturated carbocycles. The van der Waals surface area contributed by atoms with Crippen molar-refractivity contribution in [1.29, 1.82) is 0 Å². The molecule has 0 aliphatic rings. The molecule has 0 unspecified atom stereocenters. The maximum absolute atomic E-state index is 13.2. The zero-order chi connectivity index (χ0) is 11.0. The molecule has 15 heavy (non-hydrogen) atoms. The molecule has 1 heterocycles. The Bertz CT molecular complexity index is 561. The van der Waals surface area contributed by atoms with Crippen LogP contribution in [0.4, 0.5) is 4.39 Å². The molecule has 0 amide bonds. The summed E-state index contributed by atoms with van der Waals surface area (Å²) in [6.07, 6.45) is 0. The number of aromatic nitrogens is 3. The fourth-order valence-electron chi connectivity index (χ4n) is 1.24. The van der Waals surface area contributed by atoms with Gasteiger partial charge in [0, 0.05) is 12.6 Å². The van der Waals surface area contributed by atoms with E-state index in [-0.39, 0.29) is 5.02 Å². The van der Waals surface area contributed by atoms with Crippen LogP contribution in [-0.4, -0.2) is 14.8 Å². The molecule has 0 bridgehead atoms. The van der Waals surface area contributed by atoms with Crippen LogP contribution < -0.4 is 0 Å². The molecule has 1 aromatic heterocycles. The van der Waals surface area contributed by atoms with Gasteiger partial charge in [0.15, 0.2) is 10.6 Å². The molecule has 0 spiro atoms. The number of aromatic amines is 1. The van der Waals surface area contributed by atoms with Crippen LogP contribution >= 0.6 is 23.8 Å². The van der Waals surface area contributed by atoms with Gasteiger partial charge in [-0.3, -0.25) is 5.10 Å². The van der Waals surface area contributed by atoms with Crippen LogP contribution in [0.25, 0.3) is 11.4 Å². The van der Waals surface area contributed by atoms with Crippen LogP contribution in [0.15, 0.2) is 18.2 Å². The van der Waals surface area contributed by atoms with Crippen LogP contribution in [0.3, 0.4) is 0 Å². The lowest BCUT2D eigenvalue weighted by atomic mass is 10.2. The Balaban J connectivity index is 2.59. The summed E-state index contributed by atoms with van der Waals surface area (Å²) < 4.78 is 15.3. The first-order valence-corrected chi connectivity index (χ1v) is 4.95. The number of hydrogen-bond donors (Lipinski definition) is 1. The van der Waals surface area contributed by atoms with Gasteiger partial charge < -0.3 is 4.57 Å². The Hall–Kier alpha value is -1.20. The van der Waals surface area contributed by atoms with Gasteiger partial charge in [-0.1, -0.05) is 11.6 Å². The smallest absolute Gasteiger partial charge is 0.195 e. The summed E-state index contributed by atoms with van der Waals surface area (Å²) in [5.74, 6) is 0.110. The van der Waals surface area contributed by atoms with Crippen LogP contribution in [-0.2, 0) is 7.05 Å². The molecule has 2 aromatic rings. The van der Waals surface area contributed by atoms with Crippen molar-refractivity contribution in [2.45, 2.75) is 0 Å². The van der Waals surface area contributed by atoms with Crippen molar-refractivity contribution < 1.29 is 4.39 Å². The van der Waals surface area contributed by atoms with Gasteiger partial charge in [-0.15, -0.1) is 0 Å². The van der Waals surface area contributed by atoms with Gasteiger partial charge in [0.05, 0.1) is 5.02 Å². The van der Waals surface area contributed by atoms with Crippen molar-refractivity contribution in [3.05, 3.63) is 33.8 Å². The van der Waals surface area contributed by atoms with Crippen molar-refractivity contribution in [3.8, 4) is 11.4 Å². The van der Waals surface area contributed by atoms with E-state index in [9.17, 15) is 4.39 Å². The Morgan fingerprint density at radius 2 is 2.27 bits per heavy atom. The third kappa shape index (κ3) is 1.80. The molecule has 0 fully saturated rings. The van der Waals surface area contributed by atoms with Crippen molar-refractivity contribution in [2.24, 2.45) is 7.05 Å². The normalized spacial score (nSPS) is 10.6. The maximum atomic E-state index is 13.2. The van der Waals surface area contributed by atoms with E-state index < -0.39 is 5.82 Å². The van der Waals surface area contributed by atoms with E-state index in [1.807, 2.05) is 0 Å². The van der Waals surface area contributed by atoms with Gasteiger partial charge in [-0.2, -0.15) is 5.10 Å². The summed E-state index contributed by atoms with van der Waals surface area (Å²) in [7, 11) is 1.76. The highest BCUT2D eigenvalue weighted by molar-refractivity contribution is 7.71. The zero-order valence-electron chi connectivity index (χ0n) is 7.79. The standard InChI is InChI=1S/C9H7ClFN3S/c1-14-8(12-13-9(14)15)5-2-3-6(10)7(11)4-5/h2-4H,1H3,(H,13,15). The minimum atomic E-state index is -0.469. The number of hydrogen-bond acceptors (Lipinski definition) is 2. The summed E-state index contributed by atoms with van der Waals surface area (Å²) in [6.45, 7) is 0. The monoisotopic (exact) mass is 243 g/mol. The van der Waals surface area contributed by atoms with Crippen LogP contribution in [0, 0.1) is 10.6 Å². The molecule has 3 nitrogen and oxygen atoms in total. The van der Waals surface area contributed by atoms with Gasteiger partial charge in [-0.25, -0.2) is 4.39 Å². The first-order chi connectivity index (χ1) is 7.09. The Morgan fingerprint density at radius 1 is 1.53 bits per heavy atom. The number of H-pyrrole nitrogens is 1. The van der Waals surface area contributed by atoms with E-state index in [1.165, 1.54) is 12.1 Å². The predicted octanol–water partition coefficient (Wildman–Crippen LogP) is 2.94. The van der Waals surface area contributed by atoms with Crippen molar-refractivity contribution in [2.75, 3.05) is 0 Å². The molecule has 0 radical (unpaired) electrons. The molecule has 0 aliphatic carbocycles. The average molecular weight is 244 g/mol. The fourth-order valence-corrected chi connectivity index (χ4v) is 1.49. The van der Waals surface area contributed by atoms with Gasteiger partial charge in [0.1, 0.15) is 5.82 Å². The highest BCUT2D eigenvalue weighted by Gasteiger charge is 2.08. The van der Waals surface area contributed by atoms with Crippen LogP contribution in [0.5, 0.6) is 0 Å². The lowest BCUT2D eigenvalue weighted by molar-refractivity contribution is 0.628. The SMILES string of the molecule is Cn1c(-c2ccc(Cl)c(F)c2)n[nH]c1=S. The second kappa shape index (κ2) is 3.75. The largest absolute Gasteiger partial charge is 0.303 e. The number of nitrogens with one attached hydrogen (secondary N) is 1. The predicted molar refractivity (Wildman–Crippen MR) is 58.8 cm³/mol. The molecule has 1 N–H and O–H groups in total. The van der Waals surface area contributed by atoms with Crippen molar-refractivity contribution in [3.63, 3.8) is 0 Å². The van der Waals surface area contributed by atoms with E-state index in [0.717, 1.165) is 0 Å². The molecule has 2 rings (SSSR count). The third-order valence-corrected chi connectivity index (χ3v) is 2.73. The Morgan fingerprint density at radius 3 is 2.80 bits per heavy atom. The minimum Gasteiger partial charge on any atom is -0.303 e. The van der Waals surface area contributed by atoms with Crippen LogP contribution in [0.2, 0.25) is 5.02 Å². The van der Waals surface area contributed by atoms with E-state index in [4.69, 9.17) is 23.8 Å². The van der Waals surface area contributed by atoms with E-state index in [1.54, 1.807) is 17.7 Å². The molecular weight excluding hydrogens is 237 g/mol. The van der Waals surface area contributed by atoms with E-state index in [2.05, 4.69) is 10.2 Å². The van der Waals surface area contributed by atoms with Crippen LogP contribution in [0.1, 0.15) is 0 Å². The summed E-state index contributed by atoms with van der Waals surface area (Å²) in [6, 6.07) is 4.51. The first kappa shape index (κ1) is 10.3. The molecule has 78 valence electrons. The average Bonchev–Trinajstić information content (AvgIpc) is 2.53.